The Balaban J connectivity index is 1.27. The summed E-state index contributed by atoms with van der Waals surface area (Å²) in [5, 5.41) is 21.9. The van der Waals surface area contributed by atoms with Gasteiger partial charge in [-0.15, -0.1) is 0 Å². The van der Waals surface area contributed by atoms with E-state index < -0.39 is 5.41 Å². The minimum absolute atomic E-state index is 0.325. The molecule has 2 aliphatic heterocycles. The van der Waals surface area contributed by atoms with E-state index in [-0.39, 0.29) is 5.41 Å². The molecule has 7 aromatic rings. The van der Waals surface area contributed by atoms with Crippen LogP contribution in [0.4, 0.5) is 11.4 Å². The van der Waals surface area contributed by atoms with Crippen molar-refractivity contribution in [2.45, 2.75) is 56.8 Å². The number of benzene rings is 7. The first kappa shape index (κ1) is 41.1. The van der Waals surface area contributed by atoms with Gasteiger partial charge >= 0.3 is 0 Å². The quantitative estimate of drug-likeness (QED) is 0.109. The van der Waals surface area contributed by atoms with E-state index in [1.807, 2.05) is 24.3 Å². The summed E-state index contributed by atoms with van der Waals surface area (Å²) < 4.78 is 2.43. The molecule has 9 rings (SSSR count). The van der Waals surface area contributed by atoms with Gasteiger partial charge in [0.05, 0.1) is 34.1 Å². The van der Waals surface area contributed by atoms with Crippen molar-refractivity contribution in [3.05, 3.63) is 238 Å². The van der Waals surface area contributed by atoms with E-state index in [0.717, 1.165) is 49.8 Å². The summed E-state index contributed by atoms with van der Waals surface area (Å²) in [4.78, 5) is 2.62. The second-order valence-corrected chi connectivity index (χ2v) is 17.8. The summed E-state index contributed by atoms with van der Waals surface area (Å²) in [5.74, 6) is 0.549. The summed E-state index contributed by atoms with van der Waals surface area (Å²) in [5.41, 5.74) is 13.2. The Hall–Kier alpha value is -7.27. The molecular formula is C59H53N4+. The molecule has 0 spiro atoms. The second-order valence-electron chi connectivity index (χ2n) is 17.8. The van der Waals surface area contributed by atoms with Crippen LogP contribution in [0.15, 0.2) is 194 Å². The van der Waals surface area contributed by atoms with Crippen molar-refractivity contribution in [2.75, 3.05) is 18.5 Å². The van der Waals surface area contributed by atoms with Crippen LogP contribution in [0.5, 0.6) is 0 Å². The van der Waals surface area contributed by atoms with Crippen LogP contribution < -0.4 is 4.90 Å². The average Bonchev–Trinajstić information content (AvgIpc) is 3.70. The zero-order valence-corrected chi connectivity index (χ0v) is 36.5. The van der Waals surface area contributed by atoms with E-state index in [4.69, 9.17) is 0 Å². The van der Waals surface area contributed by atoms with Crippen molar-refractivity contribution in [2.24, 2.45) is 5.92 Å². The van der Waals surface area contributed by atoms with Gasteiger partial charge in [0.15, 0.2) is 5.71 Å². The molecule has 0 radical (unpaired) electrons. The first-order chi connectivity index (χ1) is 30.8. The molecule has 0 saturated heterocycles. The van der Waals surface area contributed by atoms with Crippen molar-refractivity contribution in [1.29, 1.82) is 10.5 Å². The predicted molar refractivity (Wildman–Crippen MR) is 259 cm³/mol. The van der Waals surface area contributed by atoms with E-state index in [9.17, 15) is 10.5 Å². The zero-order valence-electron chi connectivity index (χ0n) is 36.5. The maximum absolute atomic E-state index is 9.73. The van der Waals surface area contributed by atoms with Gasteiger partial charge in [-0.1, -0.05) is 153 Å². The highest BCUT2D eigenvalue weighted by molar-refractivity contribution is 6.08. The molecule has 0 bridgehead atoms. The molecule has 308 valence electrons. The van der Waals surface area contributed by atoms with Crippen molar-refractivity contribution in [3.63, 3.8) is 0 Å². The highest BCUT2D eigenvalue weighted by atomic mass is 15.2. The summed E-state index contributed by atoms with van der Waals surface area (Å²) >= 11 is 0. The predicted octanol–water partition coefficient (Wildman–Crippen LogP) is 12.8. The number of anilines is 1. The van der Waals surface area contributed by atoms with Crippen molar-refractivity contribution in [1.82, 2.24) is 0 Å². The highest BCUT2D eigenvalue weighted by Gasteiger charge is 2.51. The topological polar surface area (TPSA) is 53.8 Å². The number of nitriles is 2. The minimum Gasteiger partial charge on any atom is -0.344 e. The lowest BCUT2D eigenvalue weighted by Gasteiger charge is -2.35. The number of nitrogens with zero attached hydrogens (tertiary/aromatic N) is 4. The van der Waals surface area contributed by atoms with Gasteiger partial charge in [0.25, 0.3) is 0 Å². The van der Waals surface area contributed by atoms with E-state index in [2.05, 4.69) is 206 Å². The molecule has 0 aromatic heterocycles. The number of hydrogen-bond acceptors (Lipinski definition) is 3. The van der Waals surface area contributed by atoms with E-state index in [1.54, 1.807) is 0 Å². The lowest BCUT2D eigenvalue weighted by Crippen LogP contribution is -2.39. The molecule has 2 aliphatic rings. The standard InChI is InChI=1S/C59H53N4/c1-43(2)35-36-63-54-22-13-12-21-52(54)58(37-44-15-6-4-7-16-44,38-45-17-8-5-9-18-45)56(63)24-14-23-55-59(39-46-25-29-48(41-60)30-26-46,40-47-27-31-49(42-61)32-28-47)53-34-33-50-19-10-11-20-51(50)57(53)62(55)3/h4-34,43H,35-40H2,1-3H3/q+1. The van der Waals surface area contributed by atoms with Crippen molar-refractivity contribution >= 4 is 27.9 Å². The van der Waals surface area contributed by atoms with Gasteiger partial charge in [0.1, 0.15) is 7.05 Å². The van der Waals surface area contributed by atoms with Crippen LogP contribution in [0.3, 0.4) is 0 Å². The number of hydrogen-bond donors (Lipinski definition) is 0. The number of allylic oxidation sites excluding steroid dienone is 4. The summed E-state index contributed by atoms with van der Waals surface area (Å²) in [7, 11) is 2.23. The first-order valence-corrected chi connectivity index (χ1v) is 22.3. The van der Waals surface area contributed by atoms with Gasteiger partial charge in [0.2, 0.25) is 5.69 Å². The number of rotatable bonds is 13. The van der Waals surface area contributed by atoms with Crippen LogP contribution in [-0.2, 0) is 36.5 Å². The van der Waals surface area contributed by atoms with Crippen LogP contribution in [0, 0.1) is 28.6 Å². The van der Waals surface area contributed by atoms with Crippen LogP contribution in [0.25, 0.3) is 10.8 Å². The molecule has 2 heterocycles. The Morgan fingerprint density at radius 3 is 1.68 bits per heavy atom. The van der Waals surface area contributed by atoms with Gasteiger partial charge in [-0.3, -0.25) is 0 Å². The van der Waals surface area contributed by atoms with Gasteiger partial charge < -0.3 is 4.90 Å². The Morgan fingerprint density at radius 1 is 0.571 bits per heavy atom. The second kappa shape index (κ2) is 17.6. The third-order valence-corrected chi connectivity index (χ3v) is 13.4. The fourth-order valence-electron chi connectivity index (χ4n) is 10.4. The fraction of sp³-hybridized carbons (Fsp3) is 0.203. The third kappa shape index (κ3) is 7.91. The van der Waals surface area contributed by atoms with Gasteiger partial charge in [-0.25, -0.2) is 0 Å². The zero-order chi connectivity index (χ0) is 43.4. The SMILES string of the molecule is CC(C)CCN1/C(=C/C=C/C2=[N+](C)c3c(ccc4ccccc34)C2(Cc2ccc(C#N)cc2)Cc2ccc(C#N)cc2)C(Cc2ccccc2)(Cc2ccccc2)c2ccccc21. The Bertz CT molecular complexity index is 2840. The maximum atomic E-state index is 9.73. The molecule has 4 heteroatoms. The monoisotopic (exact) mass is 817 g/mol. The molecule has 0 amide bonds. The lowest BCUT2D eigenvalue weighted by atomic mass is 9.68. The van der Waals surface area contributed by atoms with Crippen molar-refractivity contribution < 1.29 is 4.58 Å². The Labute approximate surface area is 373 Å². The minimum atomic E-state index is -0.480. The molecular weight excluding hydrogens is 765 g/mol. The number of para-hydroxylation sites is 1. The molecule has 4 nitrogen and oxygen atoms in total. The lowest BCUT2D eigenvalue weighted by molar-refractivity contribution is -0.400. The summed E-state index contributed by atoms with van der Waals surface area (Å²) in [6.07, 6.45) is 11.4. The normalized spacial score (nSPS) is 15.5. The van der Waals surface area contributed by atoms with E-state index >= 15 is 0 Å². The Morgan fingerprint density at radius 2 is 1.10 bits per heavy atom. The van der Waals surface area contributed by atoms with Crippen molar-refractivity contribution in [3.8, 4) is 12.1 Å². The van der Waals surface area contributed by atoms with E-state index in [1.165, 1.54) is 55.8 Å². The molecule has 0 unspecified atom stereocenters. The third-order valence-electron chi connectivity index (χ3n) is 13.4. The van der Waals surface area contributed by atoms with Crippen LogP contribution in [0.1, 0.15) is 64.8 Å². The molecule has 0 N–H and O–H groups in total. The van der Waals surface area contributed by atoms with E-state index in [0.29, 0.717) is 17.0 Å². The van der Waals surface area contributed by atoms with Crippen LogP contribution in [-0.4, -0.2) is 23.9 Å². The fourth-order valence-corrected chi connectivity index (χ4v) is 10.4. The van der Waals surface area contributed by atoms with Crippen LogP contribution in [0.2, 0.25) is 0 Å². The van der Waals surface area contributed by atoms with Crippen LogP contribution >= 0.6 is 0 Å². The summed E-state index contributed by atoms with van der Waals surface area (Å²) in [6, 6.07) is 65.3. The molecule has 0 fully saturated rings. The molecule has 0 saturated carbocycles. The first-order valence-electron chi connectivity index (χ1n) is 22.3. The smallest absolute Gasteiger partial charge is 0.217 e. The van der Waals surface area contributed by atoms with Gasteiger partial charge in [-0.2, -0.15) is 15.1 Å². The number of fused-ring (bicyclic) bond motifs is 4. The molecule has 63 heavy (non-hydrogen) atoms. The maximum Gasteiger partial charge on any atom is 0.217 e. The Kier molecular flexibility index (Phi) is 11.5. The highest BCUT2D eigenvalue weighted by Crippen LogP contribution is 2.52. The molecule has 0 atom stereocenters. The largest absolute Gasteiger partial charge is 0.344 e. The average molecular weight is 818 g/mol. The molecule has 7 aromatic carbocycles. The van der Waals surface area contributed by atoms with Gasteiger partial charge in [0, 0.05) is 35.0 Å². The summed E-state index contributed by atoms with van der Waals surface area (Å²) in [6.45, 7) is 5.57. The van der Waals surface area contributed by atoms with Gasteiger partial charge in [-0.05, 0) is 114 Å². The molecule has 0 aliphatic carbocycles.